The third-order valence-electron chi connectivity index (χ3n) is 3.17. The number of hydrogen-bond acceptors (Lipinski definition) is 5. The molecule has 0 unspecified atom stereocenters. The molecule has 0 N–H and O–H groups in total. The molecule has 1 aliphatic rings. The number of aromatic nitrogens is 2. The predicted molar refractivity (Wildman–Crippen MR) is 70.5 cm³/mol. The van der Waals surface area contributed by atoms with Crippen molar-refractivity contribution in [3.05, 3.63) is 17.6 Å². The first-order chi connectivity index (χ1) is 8.53. The zero-order valence-electron chi connectivity index (χ0n) is 11.0. The Morgan fingerprint density at radius 3 is 2.72 bits per heavy atom. The summed E-state index contributed by atoms with van der Waals surface area (Å²) in [6, 6.07) is 1.99. The fraction of sp³-hybridized carbons (Fsp3) is 0.615. The van der Waals surface area contributed by atoms with Gasteiger partial charge in [-0.3, -0.25) is 4.79 Å². The standard InChI is InChI=1S/C13H18N2O2S/c1-9-6-11(15-10(2)14-9)18-8-13(4-5-13)7-12(16)17-3/h6H,4-5,7-8H2,1-3H3. The van der Waals surface area contributed by atoms with Crippen molar-refractivity contribution < 1.29 is 9.53 Å². The van der Waals surface area contributed by atoms with Crippen molar-refractivity contribution in [3.63, 3.8) is 0 Å². The van der Waals surface area contributed by atoms with Crippen LogP contribution in [-0.2, 0) is 9.53 Å². The van der Waals surface area contributed by atoms with Crippen LogP contribution in [0.25, 0.3) is 0 Å². The van der Waals surface area contributed by atoms with Crippen LogP contribution in [0.15, 0.2) is 11.1 Å². The van der Waals surface area contributed by atoms with E-state index in [-0.39, 0.29) is 11.4 Å². The number of ether oxygens (including phenoxy) is 1. The summed E-state index contributed by atoms with van der Waals surface area (Å²) in [6.45, 7) is 3.87. The number of hydrogen-bond donors (Lipinski definition) is 0. The highest BCUT2D eigenvalue weighted by Gasteiger charge is 2.44. The Bertz CT molecular complexity index is 438. The lowest BCUT2D eigenvalue weighted by Gasteiger charge is -2.12. The van der Waals surface area contributed by atoms with Crippen LogP contribution in [0.1, 0.15) is 30.8 Å². The number of methoxy groups -OCH3 is 1. The Hall–Kier alpha value is -1.10. The number of rotatable bonds is 5. The number of carbonyl (C=O) groups excluding carboxylic acids is 1. The van der Waals surface area contributed by atoms with Gasteiger partial charge in [0.15, 0.2) is 0 Å². The van der Waals surface area contributed by atoms with E-state index in [1.165, 1.54) is 7.11 Å². The average molecular weight is 266 g/mol. The molecule has 0 saturated heterocycles. The van der Waals surface area contributed by atoms with E-state index in [0.717, 1.165) is 35.1 Å². The van der Waals surface area contributed by atoms with Crippen molar-refractivity contribution in [2.75, 3.05) is 12.9 Å². The number of carbonyl (C=O) groups is 1. The lowest BCUT2D eigenvalue weighted by molar-refractivity contribution is -0.141. The van der Waals surface area contributed by atoms with E-state index in [1.54, 1.807) is 11.8 Å². The van der Waals surface area contributed by atoms with Crippen molar-refractivity contribution in [1.82, 2.24) is 9.97 Å². The van der Waals surface area contributed by atoms with E-state index < -0.39 is 0 Å². The van der Waals surface area contributed by atoms with Gasteiger partial charge >= 0.3 is 5.97 Å². The second-order valence-electron chi connectivity index (χ2n) is 4.94. The van der Waals surface area contributed by atoms with E-state index in [0.29, 0.717) is 6.42 Å². The van der Waals surface area contributed by atoms with E-state index in [2.05, 4.69) is 9.97 Å². The molecular formula is C13H18N2O2S. The number of esters is 1. The first kappa shape index (κ1) is 13.3. The van der Waals surface area contributed by atoms with E-state index >= 15 is 0 Å². The minimum atomic E-state index is -0.108. The zero-order chi connectivity index (χ0) is 13.2. The third kappa shape index (κ3) is 3.45. The summed E-state index contributed by atoms with van der Waals surface area (Å²) in [5, 5.41) is 0.996. The predicted octanol–water partition coefficient (Wildman–Crippen LogP) is 2.53. The SMILES string of the molecule is COC(=O)CC1(CSc2cc(C)nc(C)n2)CC1. The Balaban J connectivity index is 1.93. The normalized spacial score (nSPS) is 16.4. The highest BCUT2D eigenvalue weighted by Crippen LogP contribution is 2.51. The molecule has 2 rings (SSSR count). The smallest absolute Gasteiger partial charge is 0.306 e. The summed E-state index contributed by atoms with van der Waals surface area (Å²) in [5.41, 5.74) is 1.13. The molecule has 18 heavy (non-hydrogen) atoms. The zero-order valence-corrected chi connectivity index (χ0v) is 11.8. The molecule has 0 bridgehead atoms. The molecule has 0 aliphatic heterocycles. The van der Waals surface area contributed by atoms with Crippen LogP contribution in [0.4, 0.5) is 0 Å². The summed E-state index contributed by atoms with van der Waals surface area (Å²) >= 11 is 1.71. The van der Waals surface area contributed by atoms with Crippen molar-refractivity contribution in [1.29, 1.82) is 0 Å². The van der Waals surface area contributed by atoms with Gasteiger partial charge in [0.1, 0.15) is 5.82 Å². The maximum Gasteiger partial charge on any atom is 0.306 e. The second-order valence-corrected chi connectivity index (χ2v) is 5.93. The van der Waals surface area contributed by atoms with Gasteiger partial charge in [-0.1, -0.05) is 0 Å². The molecule has 0 radical (unpaired) electrons. The Morgan fingerprint density at radius 1 is 1.44 bits per heavy atom. The Morgan fingerprint density at radius 2 is 2.17 bits per heavy atom. The van der Waals surface area contributed by atoms with Gasteiger partial charge in [-0.2, -0.15) is 0 Å². The highest BCUT2D eigenvalue weighted by atomic mass is 32.2. The molecule has 1 heterocycles. The van der Waals surface area contributed by atoms with Crippen LogP contribution in [0, 0.1) is 19.3 Å². The van der Waals surface area contributed by atoms with Crippen LogP contribution in [0.3, 0.4) is 0 Å². The Kier molecular flexibility index (Phi) is 3.90. The first-order valence-electron chi connectivity index (χ1n) is 6.05. The fourth-order valence-electron chi connectivity index (χ4n) is 1.91. The molecular weight excluding hydrogens is 248 g/mol. The first-order valence-corrected chi connectivity index (χ1v) is 7.03. The second kappa shape index (κ2) is 5.26. The van der Waals surface area contributed by atoms with Crippen LogP contribution in [0.5, 0.6) is 0 Å². The fourth-order valence-corrected chi connectivity index (χ4v) is 3.21. The van der Waals surface area contributed by atoms with Crippen molar-refractivity contribution >= 4 is 17.7 Å². The summed E-state index contributed by atoms with van der Waals surface area (Å²) in [5.74, 6) is 1.62. The van der Waals surface area contributed by atoms with Gasteiger partial charge in [0.05, 0.1) is 18.6 Å². The molecule has 0 atom stereocenters. The minimum absolute atomic E-state index is 0.108. The monoisotopic (exact) mass is 266 g/mol. The molecule has 1 aromatic rings. The minimum Gasteiger partial charge on any atom is -0.469 e. The van der Waals surface area contributed by atoms with Crippen LogP contribution in [0.2, 0.25) is 0 Å². The molecule has 1 saturated carbocycles. The average Bonchev–Trinajstić information content (AvgIpc) is 3.05. The summed E-state index contributed by atoms with van der Waals surface area (Å²) in [6.07, 6.45) is 2.75. The molecule has 1 aliphatic carbocycles. The van der Waals surface area contributed by atoms with E-state index in [1.807, 2.05) is 19.9 Å². The quantitative estimate of drug-likeness (QED) is 0.465. The molecule has 98 valence electrons. The van der Waals surface area contributed by atoms with Crippen molar-refractivity contribution in [2.24, 2.45) is 5.41 Å². The van der Waals surface area contributed by atoms with Gasteiger partial charge in [-0.15, -0.1) is 11.8 Å². The van der Waals surface area contributed by atoms with Gasteiger partial charge < -0.3 is 4.74 Å². The molecule has 0 amide bonds. The topological polar surface area (TPSA) is 52.1 Å². The molecule has 5 heteroatoms. The molecule has 0 aromatic carbocycles. The molecule has 1 aromatic heterocycles. The maximum absolute atomic E-state index is 11.3. The number of aryl methyl sites for hydroxylation is 2. The van der Waals surface area contributed by atoms with Gasteiger partial charge in [0.25, 0.3) is 0 Å². The van der Waals surface area contributed by atoms with E-state index in [4.69, 9.17) is 4.74 Å². The summed E-state index contributed by atoms with van der Waals surface area (Å²) in [4.78, 5) is 20.0. The Labute approximate surface area is 112 Å². The van der Waals surface area contributed by atoms with Gasteiger partial charge in [-0.05, 0) is 38.2 Å². The van der Waals surface area contributed by atoms with Crippen LogP contribution >= 0.6 is 11.8 Å². The van der Waals surface area contributed by atoms with Gasteiger partial charge in [0, 0.05) is 11.4 Å². The number of nitrogens with zero attached hydrogens (tertiary/aromatic N) is 2. The van der Waals surface area contributed by atoms with E-state index in [9.17, 15) is 4.79 Å². The van der Waals surface area contributed by atoms with Crippen LogP contribution < -0.4 is 0 Å². The van der Waals surface area contributed by atoms with Gasteiger partial charge in [0.2, 0.25) is 0 Å². The largest absolute Gasteiger partial charge is 0.469 e. The number of thioether (sulfide) groups is 1. The van der Waals surface area contributed by atoms with Crippen molar-refractivity contribution in [2.45, 2.75) is 38.1 Å². The summed E-state index contributed by atoms with van der Waals surface area (Å²) < 4.78 is 4.74. The molecule has 1 fully saturated rings. The van der Waals surface area contributed by atoms with Crippen molar-refractivity contribution in [3.8, 4) is 0 Å². The summed E-state index contributed by atoms with van der Waals surface area (Å²) in [7, 11) is 1.45. The van der Waals surface area contributed by atoms with Crippen LogP contribution in [-0.4, -0.2) is 28.8 Å². The van der Waals surface area contributed by atoms with Gasteiger partial charge in [-0.25, -0.2) is 9.97 Å². The lowest BCUT2D eigenvalue weighted by Crippen LogP contribution is -2.13. The third-order valence-corrected chi connectivity index (χ3v) is 4.43. The highest BCUT2D eigenvalue weighted by molar-refractivity contribution is 7.99. The lowest BCUT2D eigenvalue weighted by atomic mass is 10.1. The molecule has 4 nitrogen and oxygen atoms in total. The maximum atomic E-state index is 11.3. The molecule has 0 spiro atoms.